The summed E-state index contributed by atoms with van der Waals surface area (Å²) in [6.45, 7) is 3.97. The number of hydrogen-bond donors (Lipinski definition) is 3. The number of H-pyrrole nitrogens is 1. The molecular formula is C17H20Cl2N4OS. The third-order valence-corrected chi connectivity index (χ3v) is 5.29. The van der Waals surface area contributed by atoms with Crippen molar-refractivity contribution >= 4 is 52.3 Å². The molecule has 8 heteroatoms. The number of aromatic amines is 1. The highest BCUT2D eigenvalue weighted by molar-refractivity contribution is 7.22. The number of thiophene rings is 1. The smallest absolute Gasteiger partial charge is 0.270 e. The molecule has 1 aliphatic heterocycles. The van der Waals surface area contributed by atoms with Gasteiger partial charge in [0.1, 0.15) is 4.70 Å². The maximum absolute atomic E-state index is 12.3. The molecule has 5 nitrogen and oxygen atoms in total. The Morgan fingerprint density at radius 1 is 1.24 bits per heavy atom. The van der Waals surface area contributed by atoms with E-state index < -0.39 is 0 Å². The number of rotatable bonds is 3. The molecule has 0 bridgehead atoms. The molecule has 0 spiro atoms. The highest BCUT2D eigenvalue weighted by Gasteiger charge is 2.16. The first kappa shape index (κ1) is 19.7. The summed E-state index contributed by atoms with van der Waals surface area (Å²) in [4.78, 5) is 20.8. The normalized spacial score (nSPS) is 16.3. The second-order valence-corrected chi connectivity index (χ2v) is 6.99. The number of nitrogens with zero attached hydrogens (tertiary/aromatic N) is 1. The molecule has 1 saturated heterocycles. The zero-order chi connectivity index (χ0) is 15.8. The van der Waals surface area contributed by atoms with E-state index >= 15 is 0 Å². The van der Waals surface area contributed by atoms with Crippen LogP contribution in [-0.2, 0) is 0 Å². The first-order valence-electron chi connectivity index (χ1n) is 7.77. The van der Waals surface area contributed by atoms with Crippen LogP contribution in [0.2, 0.25) is 0 Å². The summed E-state index contributed by atoms with van der Waals surface area (Å²) in [5.41, 5.74) is 3.02. The molecule has 1 atom stereocenters. The van der Waals surface area contributed by atoms with Gasteiger partial charge in [0.05, 0.1) is 5.52 Å². The molecule has 4 rings (SSSR count). The van der Waals surface area contributed by atoms with Crippen LogP contribution in [-0.4, -0.2) is 29.1 Å². The topological polar surface area (TPSA) is 69.8 Å². The van der Waals surface area contributed by atoms with Gasteiger partial charge in [0.2, 0.25) is 5.95 Å². The number of halogens is 2. The lowest BCUT2D eigenvalue weighted by Gasteiger charge is -2.10. The van der Waals surface area contributed by atoms with Crippen molar-refractivity contribution in [2.75, 3.05) is 18.4 Å². The van der Waals surface area contributed by atoms with Crippen molar-refractivity contribution in [3.63, 3.8) is 0 Å². The number of anilines is 1. The molecule has 1 fully saturated rings. The van der Waals surface area contributed by atoms with Crippen LogP contribution in [0.5, 0.6) is 0 Å². The minimum Gasteiger partial charge on any atom is -0.352 e. The fraction of sp³-hybridized carbons (Fsp3) is 0.294. The van der Waals surface area contributed by atoms with E-state index in [1.165, 1.54) is 16.9 Å². The van der Waals surface area contributed by atoms with Crippen LogP contribution in [0.25, 0.3) is 20.7 Å². The number of benzene rings is 1. The molecular weight excluding hydrogens is 379 g/mol. The quantitative estimate of drug-likeness (QED) is 0.630. The summed E-state index contributed by atoms with van der Waals surface area (Å²) in [5, 5.41) is 6.60. The molecule has 0 amide bonds. The zero-order valence-electron chi connectivity index (χ0n) is 13.7. The summed E-state index contributed by atoms with van der Waals surface area (Å²) in [6, 6.07) is 10.6. The van der Waals surface area contributed by atoms with Gasteiger partial charge in [-0.3, -0.25) is 9.78 Å². The van der Waals surface area contributed by atoms with E-state index in [1.807, 2.05) is 6.07 Å². The summed E-state index contributed by atoms with van der Waals surface area (Å²) in [7, 11) is 0. The van der Waals surface area contributed by atoms with Crippen LogP contribution >= 0.6 is 36.2 Å². The largest absolute Gasteiger partial charge is 0.352 e. The van der Waals surface area contributed by atoms with E-state index in [0.717, 1.165) is 35.5 Å². The number of fused-ring (bicyclic) bond motifs is 1. The summed E-state index contributed by atoms with van der Waals surface area (Å²) in [5.74, 6) is 0.560. The van der Waals surface area contributed by atoms with Crippen molar-refractivity contribution in [1.29, 1.82) is 0 Å². The Labute approximate surface area is 162 Å². The Balaban J connectivity index is 0.00000113. The Morgan fingerprint density at radius 3 is 2.68 bits per heavy atom. The summed E-state index contributed by atoms with van der Waals surface area (Å²) < 4.78 is 0.677. The van der Waals surface area contributed by atoms with Gasteiger partial charge >= 0.3 is 0 Å². The predicted octanol–water partition coefficient (Wildman–Crippen LogP) is 3.58. The van der Waals surface area contributed by atoms with E-state index in [2.05, 4.69) is 51.8 Å². The van der Waals surface area contributed by atoms with Gasteiger partial charge in [-0.1, -0.05) is 29.8 Å². The second-order valence-electron chi connectivity index (χ2n) is 5.94. The number of aromatic nitrogens is 2. The lowest BCUT2D eigenvalue weighted by molar-refractivity contribution is 0.781. The first-order chi connectivity index (χ1) is 11.2. The van der Waals surface area contributed by atoms with Gasteiger partial charge < -0.3 is 10.6 Å². The SMILES string of the molecule is Cc1ccc(-c2cc3nc(NC4CCNC4)[nH]c(=O)c3s2)cc1.Cl.Cl. The molecule has 0 saturated carbocycles. The monoisotopic (exact) mass is 398 g/mol. The van der Waals surface area contributed by atoms with Crippen LogP contribution in [0.4, 0.5) is 5.95 Å². The maximum Gasteiger partial charge on any atom is 0.270 e. The lowest BCUT2D eigenvalue weighted by atomic mass is 10.1. The zero-order valence-corrected chi connectivity index (χ0v) is 16.1. The average Bonchev–Trinajstić information content (AvgIpc) is 3.17. The van der Waals surface area contributed by atoms with Crippen molar-refractivity contribution in [3.8, 4) is 10.4 Å². The molecule has 3 aromatic rings. The fourth-order valence-corrected chi connectivity index (χ4v) is 3.84. The van der Waals surface area contributed by atoms with E-state index in [0.29, 0.717) is 16.7 Å². The van der Waals surface area contributed by atoms with Gasteiger partial charge in [-0.25, -0.2) is 4.98 Å². The molecule has 1 aromatic carbocycles. The molecule has 1 aliphatic rings. The van der Waals surface area contributed by atoms with Crippen molar-refractivity contribution in [1.82, 2.24) is 15.3 Å². The Bertz CT molecular complexity index is 901. The molecule has 25 heavy (non-hydrogen) atoms. The van der Waals surface area contributed by atoms with Crippen LogP contribution in [0.1, 0.15) is 12.0 Å². The lowest BCUT2D eigenvalue weighted by Crippen LogP contribution is -2.24. The van der Waals surface area contributed by atoms with Crippen LogP contribution < -0.4 is 16.2 Å². The van der Waals surface area contributed by atoms with Gasteiger partial charge in [0.15, 0.2) is 0 Å². The molecule has 0 aliphatic carbocycles. The van der Waals surface area contributed by atoms with E-state index in [4.69, 9.17) is 0 Å². The minimum atomic E-state index is -0.0770. The maximum atomic E-state index is 12.3. The predicted molar refractivity (Wildman–Crippen MR) is 110 cm³/mol. The molecule has 2 aromatic heterocycles. The molecule has 134 valence electrons. The third kappa shape index (κ3) is 4.15. The average molecular weight is 399 g/mol. The standard InChI is InChI=1S/C17H18N4OS.2ClH/c1-10-2-4-11(5-3-10)14-8-13-15(23-14)16(22)21-17(20-13)19-12-6-7-18-9-12;;/h2-5,8,12,18H,6-7,9H2,1H3,(H2,19,20,21,22);2*1H. The number of aryl methyl sites for hydroxylation is 1. The molecule has 3 N–H and O–H groups in total. The Hall–Kier alpha value is -1.60. The van der Waals surface area contributed by atoms with Crippen molar-refractivity contribution < 1.29 is 0 Å². The fourth-order valence-electron chi connectivity index (χ4n) is 2.84. The van der Waals surface area contributed by atoms with E-state index in [9.17, 15) is 4.79 Å². The van der Waals surface area contributed by atoms with Crippen molar-refractivity contribution in [2.45, 2.75) is 19.4 Å². The molecule has 0 radical (unpaired) electrons. The van der Waals surface area contributed by atoms with Gasteiger partial charge in [-0.05, 0) is 31.5 Å². The summed E-state index contributed by atoms with van der Waals surface area (Å²) >= 11 is 1.49. The van der Waals surface area contributed by atoms with E-state index in [-0.39, 0.29) is 30.4 Å². The summed E-state index contributed by atoms with van der Waals surface area (Å²) in [6.07, 6.45) is 1.04. The highest BCUT2D eigenvalue weighted by Crippen LogP contribution is 2.31. The molecule has 3 heterocycles. The first-order valence-corrected chi connectivity index (χ1v) is 8.59. The second kappa shape index (κ2) is 8.19. The van der Waals surface area contributed by atoms with Gasteiger partial charge in [0.25, 0.3) is 5.56 Å². The van der Waals surface area contributed by atoms with Crippen molar-refractivity contribution in [3.05, 3.63) is 46.2 Å². The Kier molecular flexibility index (Phi) is 6.46. The van der Waals surface area contributed by atoms with Gasteiger partial charge in [0, 0.05) is 17.5 Å². The number of hydrogen-bond acceptors (Lipinski definition) is 5. The number of nitrogens with one attached hydrogen (secondary N) is 3. The highest BCUT2D eigenvalue weighted by atomic mass is 35.5. The Morgan fingerprint density at radius 2 is 2.00 bits per heavy atom. The van der Waals surface area contributed by atoms with Crippen LogP contribution in [0.3, 0.4) is 0 Å². The van der Waals surface area contributed by atoms with Crippen LogP contribution in [0.15, 0.2) is 35.1 Å². The minimum absolute atomic E-state index is 0. The third-order valence-electron chi connectivity index (χ3n) is 4.12. The molecule has 1 unspecified atom stereocenters. The van der Waals surface area contributed by atoms with E-state index in [1.54, 1.807) is 0 Å². The van der Waals surface area contributed by atoms with Gasteiger partial charge in [-0.2, -0.15) is 0 Å². The van der Waals surface area contributed by atoms with Crippen molar-refractivity contribution in [2.24, 2.45) is 0 Å². The van der Waals surface area contributed by atoms with Gasteiger partial charge in [-0.15, -0.1) is 36.2 Å². The van der Waals surface area contributed by atoms with Crippen LogP contribution in [0, 0.1) is 6.92 Å².